The van der Waals surface area contributed by atoms with Gasteiger partial charge in [-0.05, 0) is 69.7 Å². The van der Waals surface area contributed by atoms with Crippen LogP contribution in [0, 0.1) is 0 Å². The molecule has 0 fully saturated rings. The van der Waals surface area contributed by atoms with E-state index in [9.17, 15) is 9.59 Å². The Morgan fingerprint density at radius 3 is 2.50 bits per heavy atom. The number of methoxy groups -OCH3 is 2. The molecule has 0 N–H and O–H groups in total. The van der Waals surface area contributed by atoms with Crippen LogP contribution in [0.3, 0.4) is 0 Å². The van der Waals surface area contributed by atoms with E-state index in [1.165, 1.54) is 23.0 Å². The lowest BCUT2D eigenvalue weighted by Crippen LogP contribution is -2.40. The molecule has 1 atom stereocenters. The van der Waals surface area contributed by atoms with Crippen LogP contribution in [0.1, 0.15) is 44.9 Å². The van der Waals surface area contributed by atoms with Crippen molar-refractivity contribution in [2.45, 2.75) is 39.8 Å². The van der Waals surface area contributed by atoms with Crippen LogP contribution in [0.4, 0.5) is 0 Å². The predicted octanol–water partition coefficient (Wildman–Crippen LogP) is 4.37. The van der Waals surface area contributed by atoms with Crippen molar-refractivity contribution in [1.29, 1.82) is 0 Å². The SMILES string of the molecule is CCOC(=O)C1=C(C)N=c2s/c(=C/c3cc(Br)ccc3OC(C)C)c(=O)n2[C@@H]1c1ccc(OC)c(OC)c1. The third-order valence-electron chi connectivity index (χ3n) is 5.86. The molecule has 0 radical (unpaired) electrons. The van der Waals surface area contributed by atoms with Crippen molar-refractivity contribution in [3.8, 4) is 17.2 Å². The van der Waals surface area contributed by atoms with Crippen LogP contribution < -0.4 is 29.1 Å². The molecule has 1 aromatic heterocycles. The van der Waals surface area contributed by atoms with Gasteiger partial charge in [0.15, 0.2) is 16.3 Å². The number of fused-ring (bicyclic) bond motifs is 1. The standard InChI is InChI=1S/C28H29BrN2O6S/c1-7-36-27(33)24-16(4)30-28-31(25(24)17-8-10-21(34-5)22(13-17)35-6)26(32)23(38-28)14-18-12-19(29)9-11-20(18)37-15(2)3/h8-15,25H,7H2,1-6H3/b23-14+/t25-/m1/s1. The molecule has 38 heavy (non-hydrogen) atoms. The summed E-state index contributed by atoms with van der Waals surface area (Å²) in [5.41, 5.74) is 1.92. The van der Waals surface area contributed by atoms with Gasteiger partial charge < -0.3 is 18.9 Å². The smallest absolute Gasteiger partial charge is 0.338 e. The molecular formula is C28H29BrN2O6S. The molecule has 1 aliphatic heterocycles. The van der Waals surface area contributed by atoms with Crippen LogP contribution in [0.15, 0.2) is 61.9 Å². The number of nitrogens with zero attached hydrogens (tertiary/aromatic N) is 2. The summed E-state index contributed by atoms with van der Waals surface area (Å²) in [5.74, 6) is 1.15. The van der Waals surface area contributed by atoms with E-state index in [4.69, 9.17) is 18.9 Å². The zero-order chi connectivity index (χ0) is 27.6. The van der Waals surface area contributed by atoms with Crippen molar-refractivity contribution in [3.63, 3.8) is 0 Å². The summed E-state index contributed by atoms with van der Waals surface area (Å²) >= 11 is 4.76. The first-order valence-corrected chi connectivity index (χ1v) is 13.7. The zero-order valence-electron chi connectivity index (χ0n) is 22.0. The van der Waals surface area contributed by atoms with E-state index >= 15 is 0 Å². The van der Waals surface area contributed by atoms with Crippen LogP contribution in [-0.4, -0.2) is 37.5 Å². The first-order valence-electron chi connectivity index (χ1n) is 12.1. The minimum atomic E-state index is -0.763. The molecule has 0 amide bonds. The molecule has 2 heterocycles. The van der Waals surface area contributed by atoms with Gasteiger partial charge >= 0.3 is 5.97 Å². The number of halogens is 1. The minimum Gasteiger partial charge on any atom is -0.493 e. The average Bonchev–Trinajstić information content (AvgIpc) is 3.18. The van der Waals surface area contributed by atoms with Crippen molar-refractivity contribution >= 4 is 39.3 Å². The lowest BCUT2D eigenvalue weighted by atomic mass is 9.95. The zero-order valence-corrected chi connectivity index (χ0v) is 24.4. The summed E-state index contributed by atoms with van der Waals surface area (Å²) in [6.45, 7) is 7.58. The molecule has 0 aliphatic carbocycles. The Morgan fingerprint density at radius 1 is 1.13 bits per heavy atom. The Balaban J connectivity index is 1.97. The summed E-state index contributed by atoms with van der Waals surface area (Å²) in [6, 6.07) is 10.2. The minimum absolute atomic E-state index is 0.0376. The number of esters is 1. The van der Waals surface area contributed by atoms with Gasteiger partial charge in [-0.1, -0.05) is 33.3 Å². The maximum Gasteiger partial charge on any atom is 0.338 e. The van der Waals surface area contributed by atoms with Gasteiger partial charge in [0.25, 0.3) is 5.56 Å². The van der Waals surface area contributed by atoms with E-state index < -0.39 is 12.0 Å². The molecule has 0 saturated carbocycles. The van der Waals surface area contributed by atoms with Gasteiger partial charge in [-0.15, -0.1) is 0 Å². The predicted molar refractivity (Wildman–Crippen MR) is 150 cm³/mol. The van der Waals surface area contributed by atoms with Crippen LogP contribution in [-0.2, 0) is 9.53 Å². The molecule has 0 unspecified atom stereocenters. The van der Waals surface area contributed by atoms with Crippen LogP contribution in [0.5, 0.6) is 17.2 Å². The highest BCUT2D eigenvalue weighted by Crippen LogP contribution is 2.36. The van der Waals surface area contributed by atoms with Crippen molar-refractivity contribution in [1.82, 2.24) is 4.57 Å². The molecular weight excluding hydrogens is 572 g/mol. The van der Waals surface area contributed by atoms with Gasteiger partial charge in [-0.3, -0.25) is 9.36 Å². The highest BCUT2D eigenvalue weighted by atomic mass is 79.9. The Kier molecular flexibility index (Phi) is 8.42. The molecule has 0 spiro atoms. The number of allylic oxidation sites excluding steroid dienone is 1. The van der Waals surface area contributed by atoms with Crippen molar-refractivity contribution in [2.75, 3.05) is 20.8 Å². The Hall–Kier alpha value is -3.37. The lowest BCUT2D eigenvalue weighted by Gasteiger charge is -2.25. The fourth-order valence-corrected chi connectivity index (χ4v) is 5.68. The topological polar surface area (TPSA) is 88.4 Å². The number of hydrogen-bond acceptors (Lipinski definition) is 8. The molecule has 1 aliphatic rings. The van der Waals surface area contributed by atoms with Crippen LogP contribution in [0.25, 0.3) is 6.08 Å². The average molecular weight is 602 g/mol. The Bertz CT molecular complexity index is 1590. The van der Waals surface area contributed by atoms with E-state index in [-0.39, 0.29) is 18.3 Å². The largest absolute Gasteiger partial charge is 0.493 e. The van der Waals surface area contributed by atoms with Crippen LogP contribution in [0.2, 0.25) is 0 Å². The maximum absolute atomic E-state index is 13.9. The third-order valence-corrected chi connectivity index (χ3v) is 7.34. The Morgan fingerprint density at radius 2 is 1.84 bits per heavy atom. The van der Waals surface area contributed by atoms with Gasteiger partial charge in [0.1, 0.15) is 5.75 Å². The number of hydrogen-bond donors (Lipinski definition) is 0. The summed E-state index contributed by atoms with van der Waals surface area (Å²) in [6.07, 6.45) is 1.76. The second-order valence-corrected chi connectivity index (χ2v) is 10.7. The Labute approximate surface area is 233 Å². The molecule has 0 saturated heterocycles. The first-order chi connectivity index (χ1) is 18.2. The lowest BCUT2D eigenvalue weighted by molar-refractivity contribution is -0.139. The van der Waals surface area contributed by atoms with Crippen molar-refractivity contribution < 1.29 is 23.7 Å². The number of benzene rings is 2. The molecule has 3 aromatic rings. The van der Waals surface area contributed by atoms with E-state index in [1.807, 2.05) is 38.1 Å². The molecule has 0 bridgehead atoms. The monoisotopic (exact) mass is 600 g/mol. The number of thiazole rings is 1. The fraction of sp³-hybridized carbons (Fsp3) is 0.321. The van der Waals surface area contributed by atoms with E-state index in [1.54, 1.807) is 39.2 Å². The van der Waals surface area contributed by atoms with E-state index in [0.29, 0.717) is 43.4 Å². The molecule has 10 heteroatoms. The highest BCUT2D eigenvalue weighted by molar-refractivity contribution is 9.10. The van der Waals surface area contributed by atoms with Gasteiger partial charge in [0, 0.05) is 10.0 Å². The van der Waals surface area contributed by atoms with Crippen molar-refractivity contribution in [2.24, 2.45) is 4.99 Å². The number of rotatable bonds is 8. The second kappa shape index (κ2) is 11.6. The van der Waals surface area contributed by atoms with Crippen LogP contribution >= 0.6 is 27.3 Å². The van der Waals surface area contributed by atoms with Crippen molar-refractivity contribution in [3.05, 3.63) is 83.0 Å². The van der Waals surface area contributed by atoms with Gasteiger partial charge in [0.05, 0.1) is 48.8 Å². The van der Waals surface area contributed by atoms with E-state index in [2.05, 4.69) is 20.9 Å². The molecule has 200 valence electrons. The molecule has 8 nitrogen and oxygen atoms in total. The summed E-state index contributed by atoms with van der Waals surface area (Å²) in [7, 11) is 3.09. The first kappa shape index (κ1) is 27.7. The van der Waals surface area contributed by atoms with Gasteiger partial charge in [-0.25, -0.2) is 9.79 Å². The second-order valence-electron chi connectivity index (χ2n) is 8.77. The number of carbonyl (C=O) groups excluding carboxylic acids is 1. The van der Waals surface area contributed by atoms with Gasteiger partial charge in [0.2, 0.25) is 0 Å². The summed E-state index contributed by atoms with van der Waals surface area (Å²) in [5, 5.41) is 0. The number of carbonyl (C=O) groups is 1. The summed E-state index contributed by atoms with van der Waals surface area (Å²) in [4.78, 5) is 32.2. The highest BCUT2D eigenvalue weighted by Gasteiger charge is 2.34. The number of aromatic nitrogens is 1. The maximum atomic E-state index is 13.9. The summed E-state index contributed by atoms with van der Waals surface area (Å²) < 4.78 is 25.1. The third kappa shape index (κ3) is 5.42. The molecule has 2 aromatic carbocycles. The fourth-order valence-electron chi connectivity index (χ4n) is 4.26. The van der Waals surface area contributed by atoms with Gasteiger partial charge in [-0.2, -0.15) is 0 Å². The molecule has 4 rings (SSSR count). The normalized spacial score (nSPS) is 15.3. The van der Waals surface area contributed by atoms with E-state index in [0.717, 1.165) is 10.0 Å². The number of ether oxygens (including phenoxy) is 4. The quantitative estimate of drug-likeness (QED) is 0.357.